The second-order valence-electron chi connectivity index (χ2n) is 3.92. The normalized spacial score (nSPS) is 9.95. The summed E-state index contributed by atoms with van der Waals surface area (Å²) in [6.07, 6.45) is 1.73. The molecule has 1 heterocycles. The molecule has 0 bridgehead atoms. The van der Waals surface area contributed by atoms with Gasteiger partial charge in [-0.3, -0.25) is 0 Å². The van der Waals surface area contributed by atoms with Gasteiger partial charge < -0.3 is 14.8 Å². The fourth-order valence-corrected chi connectivity index (χ4v) is 1.61. The summed E-state index contributed by atoms with van der Waals surface area (Å²) in [4.78, 5) is 4.18. The van der Waals surface area contributed by atoms with E-state index in [0.717, 1.165) is 23.9 Å². The topological polar surface area (TPSA) is 43.4 Å². The van der Waals surface area contributed by atoms with E-state index >= 15 is 0 Å². The van der Waals surface area contributed by atoms with Crippen molar-refractivity contribution in [3.05, 3.63) is 48.7 Å². The molecule has 0 saturated heterocycles. The summed E-state index contributed by atoms with van der Waals surface area (Å²) in [7, 11) is 0. The van der Waals surface area contributed by atoms with Crippen molar-refractivity contribution >= 4 is 5.82 Å². The van der Waals surface area contributed by atoms with E-state index in [1.54, 1.807) is 6.20 Å². The van der Waals surface area contributed by atoms with Crippen LogP contribution in [0.25, 0.3) is 0 Å². The van der Waals surface area contributed by atoms with Gasteiger partial charge in [-0.25, -0.2) is 4.98 Å². The lowest BCUT2D eigenvalue weighted by molar-refractivity contribution is 0.217. The average Bonchev–Trinajstić information content (AvgIpc) is 2.46. The quantitative estimate of drug-likeness (QED) is 0.775. The Kier molecular flexibility index (Phi) is 5.05. The summed E-state index contributed by atoms with van der Waals surface area (Å²) in [6, 6.07) is 13.4. The van der Waals surface area contributed by atoms with Crippen LogP contribution in [-0.2, 0) is 0 Å². The van der Waals surface area contributed by atoms with Gasteiger partial charge in [0.1, 0.15) is 30.5 Å². The third-order valence-corrected chi connectivity index (χ3v) is 2.45. The summed E-state index contributed by atoms with van der Waals surface area (Å²) in [5.41, 5.74) is 0. The maximum Gasteiger partial charge on any atom is 0.129 e. The zero-order chi connectivity index (χ0) is 13.3. The summed E-state index contributed by atoms with van der Waals surface area (Å²) in [6.45, 7) is 3.89. The largest absolute Gasteiger partial charge is 0.490 e. The van der Waals surface area contributed by atoms with Gasteiger partial charge in [-0.15, -0.1) is 0 Å². The van der Waals surface area contributed by atoms with Crippen molar-refractivity contribution in [1.82, 2.24) is 4.98 Å². The Hall–Kier alpha value is -2.23. The maximum atomic E-state index is 5.61. The van der Waals surface area contributed by atoms with E-state index in [-0.39, 0.29) is 0 Å². The van der Waals surface area contributed by atoms with E-state index in [1.165, 1.54) is 0 Å². The molecule has 4 heteroatoms. The summed E-state index contributed by atoms with van der Waals surface area (Å²) in [5.74, 6) is 2.47. The first kappa shape index (κ1) is 13.2. The SMILES string of the molecule is CCNc1cc(OCCOc2ccccc2)ccn1. The first-order valence-electron chi connectivity index (χ1n) is 6.39. The Morgan fingerprint density at radius 3 is 2.47 bits per heavy atom. The summed E-state index contributed by atoms with van der Waals surface area (Å²) >= 11 is 0. The highest BCUT2D eigenvalue weighted by atomic mass is 16.5. The lowest BCUT2D eigenvalue weighted by Gasteiger charge is -2.09. The molecule has 4 nitrogen and oxygen atoms in total. The average molecular weight is 258 g/mol. The molecule has 0 fully saturated rings. The van der Waals surface area contributed by atoms with Gasteiger partial charge in [0.05, 0.1) is 0 Å². The van der Waals surface area contributed by atoms with Crippen LogP contribution in [-0.4, -0.2) is 24.7 Å². The first-order valence-corrected chi connectivity index (χ1v) is 6.39. The molecule has 0 spiro atoms. The van der Waals surface area contributed by atoms with E-state index in [1.807, 2.05) is 49.4 Å². The van der Waals surface area contributed by atoms with E-state index in [4.69, 9.17) is 9.47 Å². The van der Waals surface area contributed by atoms with Crippen molar-refractivity contribution in [2.45, 2.75) is 6.92 Å². The molecule has 0 radical (unpaired) electrons. The third-order valence-electron chi connectivity index (χ3n) is 2.45. The number of hydrogen-bond donors (Lipinski definition) is 1. The number of benzene rings is 1. The number of pyridine rings is 1. The predicted octanol–water partition coefficient (Wildman–Crippen LogP) is 2.97. The number of aromatic nitrogens is 1. The van der Waals surface area contributed by atoms with Crippen LogP contribution in [0.15, 0.2) is 48.7 Å². The van der Waals surface area contributed by atoms with Crippen molar-refractivity contribution in [2.75, 3.05) is 25.1 Å². The van der Waals surface area contributed by atoms with Crippen LogP contribution in [0.4, 0.5) is 5.82 Å². The molecule has 1 N–H and O–H groups in total. The van der Waals surface area contributed by atoms with Gasteiger partial charge in [0.15, 0.2) is 0 Å². The number of para-hydroxylation sites is 1. The van der Waals surface area contributed by atoms with E-state index in [2.05, 4.69) is 10.3 Å². The Morgan fingerprint density at radius 2 is 1.74 bits per heavy atom. The van der Waals surface area contributed by atoms with Crippen molar-refractivity contribution in [1.29, 1.82) is 0 Å². The molecular formula is C15H18N2O2. The van der Waals surface area contributed by atoms with Gasteiger partial charge in [0.2, 0.25) is 0 Å². The maximum absolute atomic E-state index is 5.61. The zero-order valence-corrected chi connectivity index (χ0v) is 11.0. The van der Waals surface area contributed by atoms with E-state index in [0.29, 0.717) is 13.2 Å². The first-order chi connectivity index (χ1) is 9.38. The van der Waals surface area contributed by atoms with E-state index in [9.17, 15) is 0 Å². The van der Waals surface area contributed by atoms with Crippen LogP contribution in [0.1, 0.15) is 6.92 Å². The Balaban J connectivity index is 1.75. The van der Waals surface area contributed by atoms with Crippen LogP contribution < -0.4 is 14.8 Å². The number of ether oxygens (including phenoxy) is 2. The monoisotopic (exact) mass is 258 g/mol. The van der Waals surface area contributed by atoms with Crippen LogP contribution in [0.3, 0.4) is 0 Å². The summed E-state index contributed by atoms with van der Waals surface area (Å²) in [5, 5.41) is 3.14. The molecule has 1 aromatic heterocycles. The Bertz CT molecular complexity index is 489. The minimum absolute atomic E-state index is 0.504. The fraction of sp³-hybridized carbons (Fsp3) is 0.267. The molecule has 2 aromatic rings. The van der Waals surface area contributed by atoms with Crippen molar-refractivity contribution < 1.29 is 9.47 Å². The molecule has 0 aliphatic rings. The molecule has 0 aliphatic heterocycles. The lowest BCUT2D eigenvalue weighted by atomic mass is 10.3. The van der Waals surface area contributed by atoms with Crippen LogP contribution in [0.2, 0.25) is 0 Å². The van der Waals surface area contributed by atoms with Crippen molar-refractivity contribution in [3.63, 3.8) is 0 Å². The molecule has 1 aromatic carbocycles. The molecule has 0 unspecified atom stereocenters. The van der Waals surface area contributed by atoms with Crippen molar-refractivity contribution in [3.8, 4) is 11.5 Å². The van der Waals surface area contributed by atoms with Crippen LogP contribution >= 0.6 is 0 Å². The van der Waals surface area contributed by atoms with Gasteiger partial charge in [-0.1, -0.05) is 18.2 Å². The summed E-state index contributed by atoms with van der Waals surface area (Å²) < 4.78 is 11.2. The van der Waals surface area contributed by atoms with Crippen molar-refractivity contribution in [2.24, 2.45) is 0 Å². The van der Waals surface area contributed by atoms with Crippen LogP contribution in [0.5, 0.6) is 11.5 Å². The zero-order valence-electron chi connectivity index (χ0n) is 11.0. The molecule has 2 rings (SSSR count). The number of anilines is 1. The Morgan fingerprint density at radius 1 is 1.00 bits per heavy atom. The minimum Gasteiger partial charge on any atom is -0.490 e. The van der Waals surface area contributed by atoms with Gasteiger partial charge >= 0.3 is 0 Å². The molecule has 100 valence electrons. The molecule has 0 saturated carbocycles. The smallest absolute Gasteiger partial charge is 0.129 e. The fourth-order valence-electron chi connectivity index (χ4n) is 1.61. The molecule has 0 atom stereocenters. The molecule has 0 aliphatic carbocycles. The number of nitrogens with zero attached hydrogens (tertiary/aromatic N) is 1. The van der Waals surface area contributed by atoms with Crippen LogP contribution in [0, 0.1) is 0 Å². The lowest BCUT2D eigenvalue weighted by Crippen LogP contribution is -2.09. The van der Waals surface area contributed by atoms with Gasteiger partial charge in [0, 0.05) is 18.8 Å². The minimum atomic E-state index is 0.504. The molecule has 19 heavy (non-hydrogen) atoms. The highest BCUT2D eigenvalue weighted by Crippen LogP contribution is 2.14. The number of rotatable bonds is 7. The molecule has 0 amide bonds. The second-order valence-corrected chi connectivity index (χ2v) is 3.92. The highest BCUT2D eigenvalue weighted by molar-refractivity contribution is 5.40. The van der Waals surface area contributed by atoms with E-state index < -0.39 is 0 Å². The van der Waals surface area contributed by atoms with Gasteiger partial charge in [-0.05, 0) is 25.1 Å². The van der Waals surface area contributed by atoms with Gasteiger partial charge in [-0.2, -0.15) is 0 Å². The third kappa shape index (κ3) is 4.50. The highest BCUT2D eigenvalue weighted by Gasteiger charge is 1.97. The Labute approximate surface area is 113 Å². The number of hydrogen-bond acceptors (Lipinski definition) is 4. The second kappa shape index (κ2) is 7.26. The van der Waals surface area contributed by atoms with Gasteiger partial charge in [0.25, 0.3) is 0 Å². The molecular weight excluding hydrogens is 240 g/mol. The number of nitrogens with one attached hydrogen (secondary N) is 1. The standard InChI is InChI=1S/C15H18N2O2/c1-2-16-15-12-14(8-9-17-15)19-11-10-18-13-6-4-3-5-7-13/h3-9,12H,2,10-11H2,1H3,(H,16,17). The predicted molar refractivity (Wildman–Crippen MR) is 75.8 cm³/mol.